The van der Waals surface area contributed by atoms with Crippen LogP contribution in [-0.2, 0) is 16.4 Å². The largest absolute Gasteiger partial charge is 0.282 e. The molecule has 2 aliphatic rings. The summed E-state index contributed by atoms with van der Waals surface area (Å²) in [6.07, 6.45) is 6.38. The minimum absolute atomic E-state index is 0.213. The van der Waals surface area contributed by atoms with Crippen molar-refractivity contribution in [2.24, 2.45) is 0 Å². The molecule has 118 valence electrons. The normalized spacial score (nSPS) is 19.0. The number of sulfonamides is 1. The lowest BCUT2D eigenvalue weighted by Crippen LogP contribution is -2.37. The molecule has 2 aromatic heterocycles. The summed E-state index contributed by atoms with van der Waals surface area (Å²) in [6, 6.07) is 1.81. The minimum atomic E-state index is -3.62. The number of hydrogen-bond acceptors (Lipinski definition) is 4. The highest BCUT2D eigenvalue weighted by molar-refractivity contribution is 7.92. The van der Waals surface area contributed by atoms with E-state index < -0.39 is 10.0 Å². The molecule has 3 heterocycles. The lowest BCUT2D eigenvalue weighted by Gasteiger charge is -2.30. The van der Waals surface area contributed by atoms with Crippen LogP contribution < -0.4 is 4.31 Å². The van der Waals surface area contributed by atoms with E-state index in [4.69, 9.17) is 0 Å². The fraction of sp³-hybridized carbons (Fsp3) is 0.571. The van der Waals surface area contributed by atoms with Crippen molar-refractivity contribution < 1.29 is 8.42 Å². The van der Waals surface area contributed by atoms with Gasteiger partial charge in [0.15, 0.2) is 10.8 Å². The SMILES string of the molecule is Cc1[nH]nc2c1CCCN2S(=O)(=O)c1ccnn1C1CCC1. The second-order valence-electron chi connectivity index (χ2n) is 6.03. The predicted octanol–water partition coefficient (Wildman–Crippen LogP) is 1.78. The lowest BCUT2D eigenvalue weighted by atomic mass is 9.93. The smallest absolute Gasteiger partial charge is 0.280 e. The molecule has 0 unspecified atom stereocenters. The second kappa shape index (κ2) is 4.84. The molecule has 0 spiro atoms. The standard InChI is InChI=1S/C14H19N5O2S/c1-10-12-6-3-9-18(14(12)17-16-10)22(20,21)13-7-8-15-19(13)11-4-2-5-11/h7-8,11H,2-6,9H2,1H3,(H,16,17). The molecule has 1 saturated carbocycles. The maximum absolute atomic E-state index is 13.1. The molecule has 1 aliphatic carbocycles. The van der Waals surface area contributed by atoms with Gasteiger partial charge in [0.25, 0.3) is 10.0 Å². The monoisotopic (exact) mass is 321 g/mol. The molecule has 1 fully saturated rings. The highest BCUT2D eigenvalue weighted by atomic mass is 32.2. The Morgan fingerprint density at radius 1 is 1.32 bits per heavy atom. The molecular weight excluding hydrogens is 302 g/mol. The van der Waals surface area contributed by atoms with Gasteiger partial charge in [0, 0.05) is 17.8 Å². The first-order chi connectivity index (χ1) is 10.6. The fourth-order valence-corrected chi connectivity index (χ4v) is 4.85. The third-order valence-corrected chi connectivity index (χ3v) is 6.47. The summed E-state index contributed by atoms with van der Waals surface area (Å²) in [5.74, 6) is 0.546. The summed E-state index contributed by atoms with van der Waals surface area (Å²) < 4.78 is 29.3. The molecule has 0 bridgehead atoms. The van der Waals surface area contributed by atoms with Crippen LogP contribution in [0.15, 0.2) is 17.3 Å². The van der Waals surface area contributed by atoms with Gasteiger partial charge in [0.1, 0.15) is 0 Å². The van der Waals surface area contributed by atoms with Gasteiger partial charge >= 0.3 is 0 Å². The summed E-state index contributed by atoms with van der Waals surface area (Å²) in [6.45, 7) is 2.40. The predicted molar refractivity (Wildman–Crippen MR) is 81.3 cm³/mol. The van der Waals surface area contributed by atoms with Gasteiger partial charge in [0.2, 0.25) is 0 Å². The van der Waals surface area contributed by atoms with Gasteiger partial charge in [-0.1, -0.05) is 0 Å². The van der Waals surface area contributed by atoms with E-state index >= 15 is 0 Å². The first kappa shape index (κ1) is 13.8. The van der Waals surface area contributed by atoms with Crippen molar-refractivity contribution in [1.82, 2.24) is 20.0 Å². The van der Waals surface area contributed by atoms with E-state index in [0.717, 1.165) is 43.4 Å². The molecule has 22 heavy (non-hydrogen) atoms. The van der Waals surface area contributed by atoms with E-state index in [1.807, 2.05) is 6.92 Å². The van der Waals surface area contributed by atoms with Crippen molar-refractivity contribution in [3.05, 3.63) is 23.5 Å². The third kappa shape index (κ3) is 1.89. The van der Waals surface area contributed by atoms with Crippen LogP contribution in [0, 0.1) is 6.92 Å². The number of aromatic amines is 1. The highest BCUT2D eigenvalue weighted by Crippen LogP contribution is 2.36. The number of aryl methyl sites for hydroxylation is 1. The Morgan fingerprint density at radius 3 is 2.86 bits per heavy atom. The van der Waals surface area contributed by atoms with Crippen molar-refractivity contribution in [1.29, 1.82) is 0 Å². The zero-order chi connectivity index (χ0) is 15.3. The van der Waals surface area contributed by atoms with Gasteiger partial charge in [-0.25, -0.2) is 8.99 Å². The van der Waals surface area contributed by atoms with Crippen molar-refractivity contribution in [3.8, 4) is 0 Å². The Morgan fingerprint density at radius 2 is 2.14 bits per heavy atom. The van der Waals surface area contributed by atoms with E-state index in [1.165, 1.54) is 4.31 Å². The summed E-state index contributed by atoms with van der Waals surface area (Å²) in [7, 11) is -3.62. The highest BCUT2D eigenvalue weighted by Gasteiger charge is 2.36. The Labute approximate surface area is 129 Å². The number of nitrogens with zero attached hydrogens (tertiary/aromatic N) is 4. The van der Waals surface area contributed by atoms with Gasteiger partial charge in [-0.2, -0.15) is 18.6 Å². The second-order valence-corrected chi connectivity index (χ2v) is 7.84. The van der Waals surface area contributed by atoms with Gasteiger partial charge in [0.05, 0.1) is 12.2 Å². The first-order valence-electron chi connectivity index (χ1n) is 7.69. The van der Waals surface area contributed by atoms with Crippen LogP contribution in [0.1, 0.15) is 43.0 Å². The van der Waals surface area contributed by atoms with Crippen LogP contribution >= 0.6 is 0 Å². The van der Waals surface area contributed by atoms with Crippen LogP contribution in [0.4, 0.5) is 5.82 Å². The third-order valence-electron chi connectivity index (χ3n) is 4.69. The van der Waals surface area contributed by atoms with Gasteiger partial charge in [-0.3, -0.25) is 5.10 Å². The summed E-state index contributed by atoms with van der Waals surface area (Å²) >= 11 is 0. The maximum atomic E-state index is 13.1. The fourth-order valence-electron chi connectivity index (χ4n) is 3.21. The Hall–Kier alpha value is -1.83. The van der Waals surface area contributed by atoms with Crippen LogP contribution in [0.2, 0.25) is 0 Å². The molecule has 1 aliphatic heterocycles. The van der Waals surface area contributed by atoms with Gasteiger partial charge < -0.3 is 0 Å². The number of rotatable bonds is 3. The average Bonchev–Trinajstić information content (AvgIpc) is 3.05. The Bertz CT molecular complexity index is 803. The number of H-pyrrole nitrogens is 1. The molecular formula is C14H19N5O2S. The number of anilines is 1. The minimum Gasteiger partial charge on any atom is -0.280 e. The topological polar surface area (TPSA) is 83.9 Å². The maximum Gasteiger partial charge on any atom is 0.282 e. The van der Waals surface area contributed by atoms with Gasteiger partial charge in [-0.05, 0) is 45.1 Å². The number of aromatic nitrogens is 4. The summed E-state index contributed by atoms with van der Waals surface area (Å²) in [5.41, 5.74) is 1.95. The number of fused-ring (bicyclic) bond motifs is 1. The van der Waals surface area contributed by atoms with Crippen LogP contribution in [0.25, 0.3) is 0 Å². The van der Waals surface area contributed by atoms with Crippen molar-refractivity contribution in [2.45, 2.75) is 50.1 Å². The van der Waals surface area contributed by atoms with Crippen molar-refractivity contribution in [3.63, 3.8) is 0 Å². The van der Waals surface area contributed by atoms with E-state index in [2.05, 4.69) is 15.3 Å². The van der Waals surface area contributed by atoms with Crippen LogP contribution in [0.5, 0.6) is 0 Å². The zero-order valence-electron chi connectivity index (χ0n) is 12.5. The molecule has 0 saturated heterocycles. The van der Waals surface area contributed by atoms with E-state index in [0.29, 0.717) is 12.4 Å². The molecule has 1 N–H and O–H groups in total. The van der Waals surface area contributed by atoms with E-state index in [9.17, 15) is 8.42 Å². The van der Waals surface area contributed by atoms with Gasteiger partial charge in [-0.15, -0.1) is 0 Å². The average molecular weight is 321 g/mol. The van der Waals surface area contributed by atoms with Crippen molar-refractivity contribution >= 4 is 15.8 Å². The lowest BCUT2D eigenvalue weighted by molar-refractivity contribution is 0.271. The Balaban J connectivity index is 1.77. The Kier molecular flexibility index (Phi) is 3.04. The first-order valence-corrected chi connectivity index (χ1v) is 9.13. The van der Waals surface area contributed by atoms with E-state index in [-0.39, 0.29) is 11.1 Å². The summed E-state index contributed by atoms with van der Waals surface area (Å²) in [5, 5.41) is 11.6. The summed E-state index contributed by atoms with van der Waals surface area (Å²) in [4.78, 5) is 0. The number of hydrogen-bond donors (Lipinski definition) is 1. The molecule has 0 amide bonds. The molecule has 0 radical (unpaired) electrons. The van der Waals surface area contributed by atoms with Crippen molar-refractivity contribution in [2.75, 3.05) is 10.8 Å². The van der Waals surface area contributed by atoms with Crippen LogP contribution in [-0.4, -0.2) is 34.9 Å². The number of nitrogens with one attached hydrogen (secondary N) is 1. The van der Waals surface area contributed by atoms with Crippen LogP contribution in [0.3, 0.4) is 0 Å². The molecule has 7 nitrogen and oxygen atoms in total. The zero-order valence-corrected chi connectivity index (χ0v) is 13.3. The molecule has 0 aromatic carbocycles. The molecule has 0 atom stereocenters. The quantitative estimate of drug-likeness (QED) is 0.934. The molecule has 8 heteroatoms. The van der Waals surface area contributed by atoms with E-state index in [1.54, 1.807) is 16.9 Å². The molecule has 4 rings (SSSR count). The molecule has 2 aromatic rings.